The van der Waals surface area contributed by atoms with Crippen LogP contribution in [0.15, 0.2) is 213 Å². The van der Waals surface area contributed by atoms with E-state index in [2.05, 4.69) is 40.2 Å². The molecule has 0 atom stereocenters. The lowest BCUT2D eigenvalue weighted by molar-refractivity contribution is -0.121. The monoisotopic (exact) mass is 1920 g/mol. The zero-order valence-corrected chi connectivity index (χ0v) is 80.4. The molecule has 7 aromatic carbocycles. The maximum atomic E-state index is 14.5. The molecule has 3 aliphatic rings. The lowest BCUT2D eigenvalue weighted by atomic mass is 10.1. The second-order valence-corrected chi connectivity index (χ2v) is 43.0. The molecule has 10 aromatic rings. The number of aromatic nitrogens is 6. The number of para-hydroxylation sites is 5. The van der Waals surface area contributed by atoms with Crippen LogP contribution in [-0.4, -0.2) is 229 Å². The summed E-state index contributed by atoms with van der Waals surface area (Å²) in [6, 6.07) is 55.5. The predicted molar refractivity (Wildman–Crippen MR) is 520 cm³/mol. The molecule has 0 aliphatic carbocycles. The summed E-state index contributed by atoms with van der Waals surface area (Å²) in [5.41, 5.74) is 3.90. The van der Waals surface area contributed by atoms with Gasteiger partial charge in [-0.3, -0.25) is 56.0 Å². The smallest absolute Gasteiger partial charge is 0.333 e. The van der Waals surface area contributed by atoms with Crippen LogP contribution < -0.4 is 57.2 Å². The van der Waals surface area contributed by atoms with Crippen LogP contribution >= 0.6 is 0 Å². The number of nitrogens with zero attached hydrogens (tertiary/aromatic N) is 9. The first-order chi connectivity index (χ1) is 63.7. The van der Waals surface area contributed by atoms with Crippen LogP contribution in [0.25, 0.3) is 50.8 Å². The first-order valence-corrected chi connectivity index (χ1v) is 53.5. The van der Waals surface area contributed by atoms with Gasteiger partial charge in [0, 0.05) is 141 Å². The number of benzene rings is 7. The highest BCUT2D eigenvalue weighted by molar-refractivity contribution is 7.93. The Morgan fingerprint density at radius 2 is 0.707 bits per heavy atom. The van der Waals surface area contributed by atoms with Gasteiger partial charge in [0.2, 0.25) is 46.0 Å². The summed E-state index contributed by atoms with van der Waals surface area (Å²) in [5.74, 6) is -1.24. The van der Waals surface area contributed by atoms with Crippen LogP contribution in [0.5, 0.6) is 0 Å². The van der Waals surface area contributed by atoms with E-state index >= 15 is 0 Å². The maximum Gasteiger partial charge on any atom is 0.333 e. The van der Waals surface area contributed by atoms with Crippen LogP contribution in [0.1, 0.15) is 130 Å². The van der Waals surface area contributed by atoms with E-state index in [4.69, 9.17) is 0 Å². The quantitative estimate of drug-likeness (QED) is 0.0167. The minimum atomic E-state index is -3.77. The molecule has 0 bridgehead atoms. The average Bonchev–Trinajstić information content (AvgIpc) is 1.60. The fourth-order valence-electron chi connectivity index (χ4n) is 16.2. The second kappa shape index (κ2) is 47.5. The zero-order chi connectivity index (χ0) is 95.6. The van der Waals surface area contributed by atoms with Crippen molar-refractivity contribution in [1.29, 1.82) is 0 Å². The van der Waals surface area contributed by atoms with Gasteiger partial charge in [-0.25, -0.2) is 65.9 Å². The van der Waals surface area contributed by atoms with Gasteiger partial charge in [-0.15, -0.1) is 0 Å². The molecule has 133 heavy (non-hydrogen) atoms. The van der Waals surface area contributed by atoms with Crippen LogP contribution in [0.2, 0.25) is 0 Å². The highest BCUT2D eigenvalue weighted by atomic mass is 32.2. The molecule has 3 aliphatic heterocycles. The molecule has 3 fully saturated rings. The van der Waals surface area contributed by atoms with E-state index < -0.39 is 67.0 Å². The first kappa shape index (κ1) is 102. The summed E-state index contributed by atoms with van der Waals surface area (Å²) in [6.07, 6.45) is 2.61. The van der Waals surface area contributed by atoms with Gasteiger partial charge in [0.1, 0.15) is 17.1 Å². The number of nitrogens with one attached hydrogen (secondary N) is 8. The normalized spacial score (nSPS) is 14.0. The topological polar surface area (TPSA) is 426 Å². The van der Waals surface area contributed by atoms with Crippen molar-refractivity contribution >= 4 is 84.9 Å². The molecule has 0 spiro atoms. The summed E-state index contributed by atoms with van der Waals surface area (Å²) in [6.45, 7) is 20.2. The van der Waals surface area contributed by atoms with Crippen molar-refractivity contribution < 1.29 is 61.3 Å². The number of hydrogen-bond donors (Lipinski definition) is 8. The molecule has 4 amide bonds. The van der Waals surface area contributed by atoms with Gasteiger partial charge in [-0.2, -0.15) is 0 Å². The summed E-state index contributed by atoms with van der Waals surface area (Å²) in [4.78, 5) is 103. The maximum absolute atomic E-state index is 14.5. The highest BCUT2D eigenvalue weighted by Crippen LogP contribution is 2.36. The molecule has 0 saturated carbocycles. The Morgan fingerprint density at radius 3 is 1.08 bits per heavy atom. The second-order valence-electron chi connectivity index (χ2n) is 33.5. The zero-order valence-electron chi connectivity index (χ0n) is 76.3. The van der Waals surface area contributed by atoms with Gasteiger partial charge in [-0.05, 0) is 98.4 Å². The highest BCUT2D eigenvalue weighted by Gasteiger charge is 2.37. The number of hydrogen-bond acceptors (Lipinski definition) is 20. The number of sulfone groups is 1. The van der Waals surface area contributed by atoms with Crippen LogP contribution in [0.4, 0.5) is 11.4 Å². The van der Waals surface area contributed by atoms with Crippen LogP contribution in [0, 0.1) is 11.8 Å². The lowest BCUT2D eigenvalue weighted by Crippen LogP contribution is -2.47. The van der Waals surface area contributed by atoms with Crippen molar-refractivity contribution in [2.75, 3.05) is 131 Å². The number of sulfonamides is 4. The van der Waals surface area contributed by atoms with E-state index in [0.29, 0.717) is 168 Å². The van der Waals surface area contributed by atoms with Gasteiger partial charge < -0.3 is 36.0 Å². The van der Waals surface area contributed by atoms with E-state index in [1.807, 2.05) is 94.4 Å². The fourth-order valence-corrected chi connectivity index (χ4v) is 22.5. The third kappa shape index (κ3) is 27.0. The Hall–Kier alpha value is -11.4. The number of carbonyl (C=O) groups is 4. The summed E-state index contributed by atoms with van der Waals surface area (Å²) in [7, 11) is -18.1. The van der Waals surface area contributed by atoms with Crippen molar-refractivity contribution in [3.63, 3.8) is 0 Å². The van der Waals surface area contributed by atoms with Gasteiger partial charge in [0.15, 0.2) is 9.84 Å². The summed E-state index contributed by atoms with van der Waals surface area (Å²) < 4.78 is 147. The number of anilines is 2. The Balaban J connectivity index is 0.000000192. The first-order valence-electron chi connectivity index (χ1n) is 45.2. The number of amides is 4. The van der Waals surface area contributed by atoms with Crippen molar-refractivity contribution in [3.8, 4) is 50.8 Å². The molecule has 3 saturated heterocycles. The minimum absolute atomic E-state index is 0.00834. The van der Waals surface area contributed by atoms with Crippen molar-refractivity contribution in [1.82, 2.24) is 72.8 Å². The fraction of sp³-hybridized carbons (Fsp3) is 0.415. The molecule has 6 heterocycles. The minimum Gasteiger partial charge on any atom is -0.356 e. The number of piperazine rings is 3. The molecule has 13 rings (SSSR count). The van der Waals surface area contributed by atoms with Gasteiger partial charge in [0.05, 0.1) is 79.2 Å². The predicted octanol–water partition coefficient (Wildman–Crippen LogP) is 8.57. The molecule has 3 aromatic heterocycles. The number of carbonyl (C=O) groups excluding carboxylic acids is 4. The molecule has 0 radical (unpaired) electrons. The third-order valence-electron chi connectivity index (χ3n) is 22.1. The lowest BCUT2D eigenvalue weighted by Gasteiger charge is -2.28. The largest absolute Gasteiger partial charge is 0.356 e. The number of rotatable bonds is 40. The van der Waals surface area contributed by atoms with E-state index in [0.717, 1.165) is 0 Å². The Morgan fingerprint density at radius 1 is 0.376 bits per heavy atom. The molecule has 8 N–H and O–H groups in total. The number of imidazole rings is 3. The molecule has 0 unspecified atom stereocenters. The van der Waals surface area contributed by atoms with Crippen LogP contribution in [-0.2, 0) is 80.1 Å². The standard InChI is InChI=1S/C33H39N5O6S2.C31H42N6O5S.C30H42N6O6S2/c1-2-24-45(41,42)25-27-14-9-10-17-29(27)38-30(26-12-5-3-6-13-26)31(32(39)36-22-19-34-20-23-36)37(33(38)40)21-11-18-35-46(43,44)28-15-7-4-8-16-28;1-4-21-43(41,42)34-25-13-8-9-14-26(25)37-28(24-11-6-5-7-12-24)29(30(39)35-19-16-32-17-20-35)36(31(37)40)18-10-15-33-27(38)22-23(2)3;1-4-21-43(39,40)33-25-13-8-9-14-26(25)36-27(24-11-6-5-7-12-24)28(29(37)34-19-16-31-17-20-34)35(30(36)38)18-10-15-32-44(41,42)22-23(2)3/h3-10,12-17,34-35H,2,11,18-25H2,1H3;5-9,11-14,23,32,34H,4,10,15-22H2,1-3H3,(H,33,38);5-9,11-14,23,31-33H,4,10,15-22H2,1-3H3. The van der Waals surface area contributed by atoms with Crippen molar-refractivity contribution in [2.45, 2.75) is 124 Å². The molecule has 34 nitrogen and oxygen atoms in total. The third-order valence-corrected chi connectivity index (χ3v) is 30.0. The van der Waals surface area contributed by atoms with Gasteiger partial charge in [-0.1, -0.05) is 200 Å². The molecular weight excluding hydrogens is 1800 g/mol. The van der Waals surface area contributed by atoms with Gasteiger partial charge >= 0.3 is 17.1 Å². The van der Waals surface area contributed by atoms with E-state index in [1.54, 1.807) is 151 Å². The molecular formula is C94H123N17O17S5. The van der Waals surface area contributed by atoms with E-state index in [-0.39, 0.29) is 149 Å². The molecule has 716 valence electrons. The molecule has 39 heteroatoms. The Labute approximate surface area is 779 Å². The SMILES string of the molecule is CCCS(=O)(=O)Cc1ccccc1-n1c(-c2ccccc2)c(C(=O)N2CCNCC2)n(CCCNS(=O)(=O)c2ccccc2)c1=O.CCCS(=O)(=O)Nc1ccccc1-n1c(-c2ccccc2)c(C(=O)N2CCNCC2)n(CCCNC(=O)CC(C)C)c1=O.CCCS(=O)(=O)Nc1ccccc1-n1c(-c2ccccc2)c(C(=O)N2CCNCC2)n(CCCNS(=O)(=O)CC(C)C)c1=O. The Bertz CT molecular complexity index is 6450. The summed E-state index contributed by atoms with van der Waals surface area (Å²) >= 11 is 0. The summed E-state index contributed by atoms with van der Waals surface area (Å²) in [5, 5.41) is 12.6. The van der Waals surface area contributed by atoms with Gasteiger partial charge in [0.25, 0.3) is 17.7 Å². The van der Waals surface area contributed by atoms with E-state index in [9.17, 15) is 75.7 Å². The van der Waals surface area contributed by atoms with E-state index in [1.165, 1.54) is 39.5 Å². The van der Waals surface area contributed by atoms with Crippen LogP contribution in [0.3, 0.4) is 0 Å². The average molecular weight is 1920 g/mol. The van der Waals surface area contributed by atoms with Crippen molar-refractivity contribution in [2.24, 2.45) is 11.8 Å². The Kier molecular flexibility index (Phi) is 36.5. The van der Waals surface area contributed by atoms with Crippen molar-refractivity contribution in [3.05, 3.63) is 248 Å².